The van der Waals surface area contributed by atoms with Gasteiger partial charge in [0, 0.05) is 0 Å². The van der Waals surface area contributed by atoms with E-state index in [1.807, 2.05) is 54.6 Å². The van der Waals surface area contributed by atoms with Gasteiger partial charge in [0.15, 0.2) is 0 Å². The van der Waals surface area contributed by atoms with Crippen LogP contribution in [0.1, 0.15) is 49.9 Å². The van der Waals surface area contributed by atoms with E-state index in [4.69, 9.17) is 28.9 Å². The standard InChI is InChI=1S/C32H36N2O4/c1-21(2)27-19-37-31(33-27)25-12-5-7-14-29(25)35-17-23-10-9-11-24(16-23)18-36-30-15-8-6-13-26(30)32-34-28(20-38-32)22(3)4/h5-16,21-22,27-28H,17-20H2,1-4H3/t27-,28-/m1/s1. The molecule has 198 valence electrons. The first-order valence-corrected chi connectivity index (χ1v) is 13.4. The summed E-state index contributed by atoms with van der Waals surface area (Å²) in [5.41, 5.74) is 3.91. The van der Waals surface area contributed by atoms with Crippen LogP contribution in [0.15, 0.2) is 82.8 Å². The van der Waals surface area contributed by atoms with Crippen molar-refractivity contribution in [2.45, 2.75) is 53.0 Å². The number of aliphatic imine (C=N–C) groups is 2. The molecule has 0 N–H and O–H groups in total. The van der Waals surface area contributed by atoms with Crippen LogP contribution in [0.5, 0.6) is 11.5 Å². The van der Waals surface area contributed by atoms with Gasteiger partial charge in [-0.2, -0.15) is 0 Å². The summed E-state index contributed by atoms with van der Waals surface area (Å²) in [7, 11) is 0. The molecule has 2 aliphatic rings. The van der Waals surface area contributed by atoms with Gasteiger partial charge in [0.25, 0.3) is 0 Å². The maximum atomic E-state index is 6.23. The van der Waals surface area contributed by atoms with Crippen molar-refractivity contribution in [1.82, 2.24) is 0 Å². The van der Waals surface area contributed by atoms with Crippen molar-refractivity contribution < 1.29 is 18.9 Å². The molecule has 2 atom stereocenters. The SMILES string of the molecule is CC(C)[C@H]1COC(c2ccccc2OCc2cccc(COc3ccccc3C3=N[C@@H](C(C)C)CO3)c2)=N1. The van der Waals surface area contributed by atoms with Crippen LogP contribution in [-0.2, 0) is 22.7 Å². The molecule has 0 saturated heterocycles. The van der Waals surface area contributed by atoms with Gasteiger partial charge in [0.1, 0.15) is 37.9 Å². The Bertz CT molecular complexity index is 1220. The molecule has 0 unspecified atom stereocenters. The third kappa shape index (κ3) is 6.01. The lowest BCUT2D eigenvalue weighted by Crippen LogP contribution is -2.13. The van der Waals surface area contributed by atoms with E-state index in [2.05, 4.69) is 45.9 Å². The number of rotatable bonds is 10. The molecule has 3 aromatic carbocycles. The Balaban J connectivity index is 1.24. The van der Waals surface area contributed by atoms with Crippen molar-refractivity contribution in [3.63, 3.8) is 0 Å². The molecule has 3 aromatic rings. The van der Waals surface area contributed by atoms with Crippen molar-refractivity contribution in [3.8, 4) is 11.5 Å². The Morgan fingerprint density at radius 3 is 1.53 bits per heavy atom. The molecule has 38 heavy (non-hydrogen) atoms. The normalized spacial score (nSPS) is 18.7. The highest BCUT2D eigenvalue weighted by Crippen LogP contribution is 2.27. The van der Waals surface area contributed by atoms with Crippen LogP contribution >= 0.6 is 0 Å². The highest BCUT2D eigenvalue weighted by molar-refractivity contribution is 5.98. The average molecular weight is 513 g/mol. The lowest BCUT2D eigenvalue weighted by molar-refractivity contribution is 0.284. The first-order valence-electron chi connectivity index (χ1n) is 13.4. The molecule has 0 spiro atoms. The van der Waals surface area contributed by atoms with Crippen LogP contribution in [-0.4, -0.2) is 37.1 Å². The molecule has 0 fully saturated rings. The Morgan fingerprint density at radius 1 is 0.658 bits per heavy atom. The number of ether oxygens (including phenoxy) is 4. The van der Waals surface area contributed by atoms with E-state index in [0.717, 1.165) is 33.8 Å². The maximum Gasteiger partial charge on any atom is 0.220 e. The number of hydrogen-bond acceptors (Lipinski definition) is 6. The van der Waals surface area contributed by atoms with Crippen LogP contribution in [0.25, 0.3) is 0 Å². The molecular formula is C32H36N2O4. The van der Waals surface area contributed by atoms with Crippen molar-refractivity contribution >= 4 is 11.8 Å². The van der Waals surface area contributed by atoms with Crippen LogP contribution in [0, 0.1) is 11.8 Å². The van der Waals surface area contributed by atoms with Gasteiger partial charge in [-0.25, -0.2) is 9.98 Å². The molecule has 2 aliphatic heterocycles. The predicted molar refractivity (Wildman–Crippen MR) is 150 cm³/mol. The van der Waals surface area contributed by atoms with Crippen LogP contribution in [0.2, 0.25) is 0 Å². The molecule has 0 amide bonds. The summed E-state index contributed by atoms with van der Waals surface area (Å²) in [6.45, 7) is 10.8. The number of para-hydroxylation sites is 2. The zero-order chi connectivity index (χ0) is 26.5. The summed E-state index contributed by atoms with van der Waals surface area (Å²) >= 11 is 0. The minimum Gasteiger partial charge on any atom is -0.488 e. The molecule has 6 nitrogen and oxygen atoms in total. The van der Waals surface area contributed by atoms with Crippen LogP contribution < -0.4 is 9.47 Å². The van der Waals surface area contributed by atoms with E-state index >= 15 is 0 Å². The number of nitrogens with zero attached hydrogens (tertiary/aromatic N) is 2. The average Bonchev–Trinajstić information content (AvgIpc) is 3.62. The fraction of sp³-hybridized carbons (Fsp3) is 0.375. The quantitative estimate of drug-likeness (QED) is 0.313. The van der Waals surface area contributed by atoms with Gasteiger partial charge in [0.05, 0.1) is 23.2 Å². The van der Waals surface area contributed by atoms with Crippen molar-refractivity contribution in [2.24, 2.45) is 21.8 Å². The van der Waals surface area contributed by atoms with E-state index in [1.54, 1.807) is 0 Å². The first-order chi connectivity index (χ1) is 18.5. The molecule has 6 heteroatoms. The third-order valence-electron chi connectivity index (χ3n) is 6.90. The van der Waals surface area contributed by atoms with Gasteiger partial charge in [-0.15, -0.1) is 0 Å². The molecule has 0 saturated carbocycles. The largest absolute Gasteiger partial charge is 0.488 e. The first kappa shape index (κ1) is 25.8. The molecule has 0 aliphatic carbocycles. The lowest BCUT2D eigenvalue weighted by Gasteiger charge is -2.13. The van der Waals surface area contributed by atoms with Crippen molar-refractivity contribution in [3.05, 3.63) is 95.1 Å². The summed E-state index contributed by atoms with van der Waals surface area (Å²) in [5, 5.41) is 0. The lowest BCUT2D eigenvalue weighted by atomic mass is 10.1. The fourth-order valence-electron chi connectivity index (χ4n) is 4.43. The summed E-state index contributed by atoms with van der Waals surface area (Å²) in [5.74, 6) is 3.74. The molecule has 0 bridgehead atoms. The van der Waals surface area contributed by atoms with E-state index in [9.17, 15) is 0 Å². The predicted octanol–water partition coefficient (Wildman–Crippen LogP) is 6.45. The Hall–Kier alpha value is -3.80. The van der Waals surface area contributed by atoms with Gasteiger partial charge < -0.3 is 18.9 Å². The Labute approximate surface area is 225 Å². The molecule has 2 heterocycles. The smallest absolute Gasteiger partial charge is 0.220 e. The fourth-order valence-corrected chi connectivity index (χ4v) is 4.43. The van der Waals surface area contributed by atoms with Crippen LogP contribution in [0.3, 0.4) is 0 Å². The highest BCUT2D eigenvalue weighted by Gasteiger charge is 2.26. The van der Waals surface area contributed by atoms with Crippen molar-refractivity contribution in [1.29, 1.82) is 0 Å². The monoisotopic (exact) mass is 512 g/mol. The second-order valence-electron chi connectivity index (χ2n) is 10.5. The van der Waals surface area contributed by atoms with Crippen molar-refractivity contribution in [2.75, 3.05) is 13.2 Å². The summed E-state index contributed by atoms with van der Waals surface area (Å²) in [6.07, 6.45) is 0. The van der Waals surface area contributed by atoms with Gasteiger partial charge in [0.2, 0.25) is 11.8 Å². The summed E-state index contributed by atoms with van der Waals surface area (Å²) < 4.78 is 24.3. The zero-order valence-corrected chi connectivity index (χ0v) is 22.6. The second-order valence-corrected chi connectivity index (χ2v) is 10.5. The minimum absolute atomic E-state index is 0.184. The summed E-state index contributed by atoms with van der Waals surface area (Å²) in [4.78, 5) is 9.54. The Kier molecular flexibility index (Phi) is 7.97. The zero-order valence-electron chi connectivity index (χ0n) is 22.6. The molecular weight excluding hydrogens is 476 g/mol. The van der Waals surface area contributed by atoms with Crippen LogP contribution in [0.4, 0.5) is 0 Å². The van der Waals surface area contributed by atoms with Gasteiger partial charge in [-0.1, -0.05) is 70.2 Å². The highest BCUT2D eigenvalue weighted by atomic mass is 16.5. The van der Waals surface area contributed by atoms with E-state index < -0.39 is 0 Å². The van der Waals surface area contributed by atoms with Gasteiger partial charge in [-0.3, -0.25) is 0 Å². The summed E-state index contributed by atoms with van der Waals surface area (Å²) in [6, 6.07) is 24.5. The molecule has 0 aromatic heterocycles. The minimum atomic E-state index is 0.184. The molecule has 0 radical (unpaired) electrons. The molecule has 5 rings (SSSR count). The van der Waals surface area contributed by atoms with E-state index in [1.165, 1.54) is 0 Å². The number of benzene rings is 3. The Morgan fingerprint density at radius 2 is 1.11 bits per heavy atom. The van der Waals surface area contributed by atoms with Gasteiger partial charge in [-0.05, 0) is 53.3 Å². The van der Waals surface area contributed by atoms with E-state index in [-0.39, 0.29) is 12.1 Å². The topological polar surface area (TPSA) is 61.6 Å². The van der Waals surface area contributed by atoms with E-state index in [0.29, 0.717) is 50.1 Å². The van der Waals surface area contributed by atoms with Gasteiger partial charge >= 0.3 is 0 Å². The maximum absolute atomic E-state index is 6.23. The second kappa shape index (κ2) is 11.7. The number of hydrogen-bond donors (Lipinski definition) is 0. The third-order valence-corrected chi connectivity index (χ3v) is 6.90.